The predicted octanol–water partition coefficient (Wildman–Crippen LogP) is 0.301. The van der Waals surface area contributed by atoms with Crippen molar-refractivity contribution in [3.05, 3.63) is 27.8 Å². The zero-order valence-electron chi connectivity index (χ0n) is 8.58. The summed E-state index contributed by atoms with van der Waals surface area (Å²) in [7, 11) is 1.34. The van der Waals surface area contributed by atoms with Crippen molar-refractivity contribution in [1.82, 2.24) is 0 Å². The summed E-state index contributed by atoms with van der Waals surface area (Å²) in [5, 5.41) is 29.1. The van der Waals surface area contributed by atoms with Gasteiger partial charge in [0, 0.05) is 5.56 Å². The SMILES string of the molecule is COc1cc([C@H](N)CO)c(O)c([N+](=O)[O-])c1. The van der Waals surface area contributed by atoms with Crippen LogP contribution in [0.4, 0.5) is 5.69 Å². The van der Waals surface area contributed by atoms with Crippen LogP contribution in [0.1, 0.15) is 11.6 Å². The van der Waals surface area contributed by atoms with Gasteiger partial charge in [-0.1, -0.05) is 0 Å². The Balaban J connectivity index is 3.37. The number of phenols is 1. The van der Waals surface area contributed by atoms with E-state index in [0.717, 1.165) is 6.07 Å². The van der Waals surface area contributed by atoms with Crippen molar-refractivity contribution in [3.8, 4) is 11.5 Å². The number of ether oxygens (including phenoxy) is 1. The summed E-state index contributed by atoms with van der Waals surface area (Å²) in [5.41, 5.74) is 5.08. The topological polar surface area (TPSA) is 119 Å². The number of methoxy groups -OCH3 is 1. The van der Waals surface area contributed by atoms with Crippen LogP contribution >= 0.6 is 0 Å². The second-order valence-electron chi connectivity index (χ2n) is 3.13. The third-order valence-electron chi connectivity index (χ3n) is 2.12. The largest absolute Gasteiger partial charge is 0.502 e. The number of benzene rings is 1. The van der Waals surface area contributed by atoms with Gasteiger partial charge in [-0.2, -0.15) is 0 Å². The molecule has 7 nitrogen and oxygen atoms in total. The van der Waals surface area contributed by atoms with E-state index in [1.807, 2.05) is 0 Å². The molecule has 0 radical (unpaired) electrons. The molecule has 0 amide bonds. The summed E-state index contributed by atoms with van der Waals surface area (Å²) in [6, 6.07) is 1.54. The highest BCUT2D eigenvalue weighted by Crippen LogP contribution is 2.36. The standard InChI is InChI=1S/C9H12N2O5/c1-16-5-2-6(7(10)4-12)9(13)8(3-5)11(14)15/h2-3,7,12-13H,4,10H2,1H3/t7-/m1/s1. The van der Waals surface area contributed by atoms with Crippen LogP contribution < -0.4 is 10.5 Å². The Morgan fingerprint density at radius 3 is 2.69 bits per heavy atom. The average molecular weight is 228 g/mol. The first-order chi connectivity index (χ1) is 7.51. The van der Waals surface area contributed by atoms with Gasteiger partial charge in [0.25, 0.3) is 0 Å². The minimum atomic E-state index is -0.895. The number of rotatable bonds is 4. The first-order valence-corrected chi connectivity index (χ1v) is 4.43. The van der Waals surface area contributed by atoms with Crippen LogP contribution in [0.25, 0.3) is 0 Å². The molecule has 0 bridgehead atoms. The van der Waals surface area contributed by atoms with Crippen LogP contribution in [0.2, 0.25) is 0 Å². The highest BCUT2D eigenvalue weighted by Gasteiger charge is 2.22. The van der Waals surface area contributed by atoms with Crippen LogP contribution in [-0.2, 0) is 0 Å². The van der Waals surface area contributed by atoms with Gasteiger partial charge >= 0.3 is 5.69 Å². The number of aliphatic hydroxyl groups excluding tert-OH is 1. The van der Waals surface area contributed by atoms with Gasteiger partial charge in [-0.3, -0.25) is 10.1 Å². The first kappa shape index (κ1) is 12.2. The van der Waals surface area contributed by atoms with E-state index in [0.29, 0.717) is 0 Å². The molecular formula is C9H12N2O5. The maximum Gasteiger partial charge on any atom is 0.314 e. The number of nitro benzene ring substituents is 1. The highest BCUT2D eigenvalue weighted by atomic mass is 16.6. The summed E-state index contributed by atoms with van der Waals surface area (Å²) in [6.45, 7) is -0.433. The molecule has 0 aromatic heterocycles. The third kappa shape index (κ3) is 2.20. The van der Waals surface area contributed by atoms with Gasteiger partial charge in [-0.25, -0.2) is 0 Å². The number of aromatic hydroxyl groups is 1. The lowest BCUT2D eigenvalue weighted by molar-refractivity contribution is -0.386. The summed E-state index contributed by atoms with van der Waals surface area (Å²) in [4.78, 5) is 9.90. The minimum absolute atomic E-state index is 0.0774. The quantitative estimate of drug-likeness (QED) is 0.503. The summed E-state index contributed by atoms with van der Waals surface area (Å²) >= 11 is 0. The van der Waals surface area contributed by atoms with Crippen molar-refractivity contribution in [3.63, 3.8) is 0 Å². The zero-order chi connectivity index (χ0) is 12.3. The second-order valence-corrected chi connectivity index (χ2v) is 3.13. The molecule has 16 heavy (non-hydrogen) atoms. The monoisotopic (exact) mass is 228 g/mol. The van der Waals surface area contributed by atoms with Crippen LogP contribution in [-0.4, -0.2) is 28.9 Å². The molecule has 0 saturated carbocycles. The van der Waals surface area contributed by atoms with Gasteiger partial charge in [-0.15, -0.1) is 0 Å². The van der Waals surface area contributed by atoms with Gasteiger partial charge in [0.05, 0.1) is 30.7 Å². The van der Waals surface area contributed by atoms with E-state index in [-0.39, 0.29) is 11.3 Å². The molecule has 0 unspecified atom stereocenters. The van der Waals surface area contributed by atoms with Crippen molar-refractivity contribution < 1.29 is 19.9 Å². The molecule has 0 aliphatic rings. The first-order valence-electron chi connectivity index (χ1n) is 4.43. The molecule has 0 aliphatic heterocycles. The molecule has 1 aromatic carbocycles. The number of aliphatic hydroxyl groups is 1. The third-order valence-corrected chi connectivity index (χ3v) is 2.12. The van der Waals surface area contributed by atoms with Crippen molar-refractivity contribution in [2.45, 2.75) is 6.04 Å². The Labute approximate surface area is 91.2 Å². The Bertz CT molecular complexity index is 407. The average Bonchev–Trinajstić information content (AvgIpc) is 2.28. The number of nitrogens with zero attached hydrogens (tertiary/aromatic N) is 1. The molecular weight excluding hydrogens is 216 g/mol. The summed E-state index contributed by atoms with van der Waals surface area (Å²) < 4.78 is 4.84. The fourth-order valence-corrected chi connectivity index (χ4v) is 1.25. The maximum atomic E-state index is 10.6. The maximum absolute atomic E-state index is 10.6. The Morgan fingerprint density at radius 1 is 1.62 bits per heavy atom. The molecule has 0 heterocycles. The lowest BCUT2D eigenvalue weighted by Crippen LogP contribution is -2.15. The van der Waals surface area contributed by atoms with Crippen LogP contribution in [0.5, 0.6) is 11.5 Å². The van der Waals surface area contributed by atoms with Gasteiger partial charge in [0.15, 0.2) is 5.75 Å². The van der Waals surface area contributed by atoms with E-state index >= 15 is 0 Å². The molecule has 7 heteroatoms. The molecule has 4 N–H and O–H groups in total. The number of nitrogens with two attached hydrogens (primary N) is 1. The van der Waals surface area contributed by atoms with E-state index in [1.54, 1.807) is 0 Å². The summed E-state index contributed by atoms with van der Waals surface area (Å²) in [5.74, 6) is -0.351. The smallest absolute Gasteiger partial charge is 0.314 e. The van der Waals surface area contributed by atoms with Crippen LogP contribution in [0.15, 0.2) is 12.1 Å². The highest BCUT2D eigenvalue weighted by molar-refractivity contribution is 5.56. The minimum Gasteiger partial charge on any atom is -0.502 e. The lowest BCUT2D eigenvalue weighted by atomic mass is 10.1. The zero-order valence-corrected chi connectivity index (χ0v) is 8.58. The van der Waals surface area contributed by atoms with Gasteiger partial charge in [0.2, 0.25) is 0 Å². The predicted molar refractivity (Wildman–Crippen MR) is 55.3 cm³/mol. The molecule has 1 aromatic rings. The second kappa shape index (κ2) is 4.77. The number of phenolic OH excluding ortho intramolecular Hbond substituents is 1. The fourth-order valence-electron chi connectivity index (χ4n) is 1.25. The molecule has 0 spiro atoms. The number of nitro groups is 1. The van der Waals surface area contributed by atoms with Crippen LogP contribution in [0, 0.1) is 10.1 Å². The van der Waals surface area contributed by atoms with Crippen LogP contribution in [0.3, 0.4) is 0 Å². The van der Waals surface area contributed by atoms with Gasteiger partial charge < -0.3 is 20.7 Å². The Hall–Kier alpha value is -1.86. The van der Waals surface area contributed by atoms with Crippen molar-refractivity contribution in [1.29, 1.82) is 0 Å². The van der Waals surface area contributed by atoms with E-state index in [2.05, 4.69) is 0 Å². The number of hydrogen-bond acceptors (Lipinski definition) is 6. The Kier molecular flexibility index (Phi) is 3.64. The molecule has 1 atom stereocenters. The van der Waals surface area contributed by atoms with Crippen molar-refractivity contribution in [2.24, 2.45) is 5.73 Å². The summed E-state index contributed by atoms with van der Waals surface area (Å²) in [6.07, 6.45) is 0. The van der Waals surface area contributed by atoms with E-state index in [4.69, 9.17) is 15.6 Å². The van der Waals surface area contributed by atoms with E-state index < -0.39 is 29.0 Å². The van der Waals surface area contributed by atoms with Crippen molar-refractivity contribution in [2.75, 3.05) is 13.7 Å². The van der Waals surface area contributed by atoms with E-state index in [1.165, 1.54) is 13.2 Å². The van der Waals surface area contributed by atoms with Gasteiger partial charge in [0.1, 0.15) is 5.75 Å². The molecule has 0 aliphatic carbocycles. The number of hydrogen-bond donors (Lipinski definition) is 3. The fraction of sp³-hybridized carbons (Fsp3) is 0.333. The molecule has 0 saturated heterocycles. The molecule has 1 rings (SSSR count). The Morgan fingerprint density at radius 2 is 2.25 bits per heavy atom. The lowest BCUT2D eigenvalue weighted by Gasteiger charge is -2.12. The van der Waals surface area contributed by atoms with E-state index in [9.17, 15) is 15.2 Å². The molecule has 88 valence electrons. The normalized spacial score (nSPS) is 12.2. The van der Waals surface area contributed by atoms with Gasteiger partial charge in [-0.05, 0) is 6.07 Å². The molecule has 0 fully saturated rings. The van der Waals surface area contributed by atoms with Crippen molar-refractivity contribution >= 4 is 5.69 Å².